The van der Waals surface area contributed by atoms with Gasteiger partial charge in [-0.2, -0.15) is 0 Å². The molecule has 140 valence electrons. The lowest BCUT2D eigenvalue weighted by Gasteiger charge is -2.11. The molecule has 1 aliphatic rings. The van der Waals surface area contributed by atoms with Crippen LogP contribution in [-0.2, 0) is 9.53 Å². The lowest BCUT2D eigenvalue weighted by Crippen LogP contribution is -2.23. The second-order valence-corrected chi connectivity index (χ2v) is 6.48. The maximum absolute atomic E-state index is 12.3. The topological polar surface area (TPSA) is 61.8 Å². The molecule has 1 atom stereocenters. The minimum absolute atomic E-state index is 0.288. The van der Waals surface area contributed by atoms with Crippen LogP contribution in [0, 0.1) is 0 Å². The maximum atomic E-state index is 12.3. The van der Waals surface area contributed by atoms with E-state index in [1.165, 1.54) is 13.0 Å². The Morgan fingerprint density at radius 2 is 1.78 bits per heavy atom. The van der Waals surface area contributed by atoms with Crippen molar-refractivity contribution in [1.82, 2.24) is 0 Å². The van der Waals surface area contributed by atoms with E-state index in [4.69, 9.17) is 25.8 Å². The summed E-state index contributed by atoms with van der Waals surface area (Å²) in [7, 11) is 0. The fourth-order valence-corrected chi connectivity index (χ4v) is 2.69. The zero-order valence-corrected chi connectivity index (χ0v) is 15.6. The molecule has 0 fully saturated rings. The molecule has 6 heteroatoms. The standard InChI is InChI=1S/C21H19ClO5/c1-14(21(24)16-5-7-17(22)8-6-16)27-20(23)10-4-15-3-9-18-19(13-15)26-12-2-11-25-18/h3-10,13-14H,2,11-12H2,1H3/b10-4+/t14-/m0/s1. The average molecular weight is 387 g/mol. The van der Waals surface area contributed by atoms with Crippen molar-refractivity contribution in [2.45, 2.75) is 19.4 Å². The number of ether oxygens (including phenoxy) is 3. The average Bonchev–Trinajstić information content (AvgIpc) is 2.91. The highest BCUT2D eigenvalue weighted by molar-refractivity contribution is 6.30. The predicted molar refractivity (Wildman–Crippen MR) is 102 cm³/mol. The lowest BCUT2D eigenvalue weighted by atomic mass is 10.1. The van der Waals surface area contributed by atoms with Crippen molar-refractivity contribution in [2.75, 3.05) is 13.2 Å². The SMILES string of the molecule is C[C@H](OC(=O)/C=C/c1ccc2c(c1)OCCCO2)C(=O)c1ccc(Cl)cc1. The van der Waals surface area contributed by atoms with Gasteiger partial charge >= 0.3 is 5.97 Å². The first-order chi connectivity index (χ1) is 13.0. The van der Waals surface area contributed by atoms with E-state index in [1.54, 1.807) is 42.5 Å². The molecular weight excluding hydrogens is 368 g/mol. The molecule has 5 nitrogen and oxygen atoms in total. The van der Waals surface area contributed by atoms with Crippen LogP contribution in [0.5, 0.6) is 11.5 Å². The number of ketones is 1. The molecule has 0 N–H and O–H groups in total. The Bertz CT molecular complexity index is 857. The van der Waals surface area contributed by atoms with Gasteiger partial charge in [-0.1, -0.05) is 17.7 Å². The van der Waals surface area contributed by atoms with E-state index in [0.717, 1.165) is 12.0 Å². The minimum Gasteiger partial charge on any atom is -0.490 e. The van der Waals surface area contributed by atoms with E-state index in [2.05, 4.69) is 0 Å². The van der Waals surface area contributed by atoms with Crippen LogP contribution in [0.4, 0.5) is 0 Å². The lowest BCUT2D eigenvalue weighted by molar-refractivity contribution is -0.140. The van der Waals surface area contributed by atoms with Gasteiger partial charge in [0.25, 0.3) is 0 Å². The molecule has 1 aliphatic heterocycles. The van der Waals surface area contributed by atoms with Gasteiger partial charge in [0.2, 0.25) is 5.78 Å². The molecule has 1 heterocycles. The molecule has 0 bridgehead atoms. The predicted octanol–water partition coefficient (Wildman–Crippen LogP) is 4.33. The minimum atomic E-state index is -0.896. The molecule has 0 spiro atoms. The third-order valence-corrected chi connectivity index (χ3v) is 4.23. The van der Waals surface area contributed by atoms with Gasteiger partial charge < -0.3 is 14.2 Å². The molecular formula is C21H19ClO5. The van der Waals surface area contributed by atoms with Crippen LogP contribution in [-0.4, -0.2) is 31.1 Å². The summed E-state index contributed by atoms with van der Waals surface area (Å²) in [4.78, 5) is 24.3. The highest BCUT2D eigenvalue weighted by Crippen LogP contribution is 2.30. The zero-order chi connectivity index (χ0) is 19.2. The number of benzene rings is 2. The number of hydrogen-bond donors (Lipinski definition) is 0. The van der Waals surface area contributed by atoms with E-state index < -0.39 is 12.1 Å². The second-order valence-electron chi connectivity index (χ2n) is 6.04. The van der Waals surface area contributed by atoms with Crippen molar-refractivity contribution in [1.29, 1.82) is 0 Å². The van der Waals surface area contributed by atoms with Gasteiger partial charge in [-0.3, -0.25) is 4.79 Å². The number of hydrogen-bond acceptors (Lipinski definition) is 5. The first-order valence-electron chi connectivity index (χ1n) is 8.61. The van der Waals surface area contributed by atoms with Crippen LogP contribution in [0.3, 0.4) is 0 Å². The van der Waals surface area contributed by atoms with Crippen LogP contribution in [0.1, 0.15) is 29.3 Å². The van der Waals surface area contributed by atoms with Crippen molar-refractivity contribution in [3.8, 4) is 11.5 Å². The molecule has 0 amide bonds. The van der Waals surface area contributed by atoms with Crippen molar-refractivity contribution >= 4 is 29.4 Å². The molecule has 2 aromatic rings. The number of fused-ring (bicyclic) bond motifs is 1. The largest absolute Gasteiger partial charge is 0.490 e. The Hall–Kier alpha value is -2.79. The highest BCUT2D eigenvalue weighted by atomic mass is 35.5. The van der Waals surface area contributed by atoms with Crippen molar-refractivity contribution in [3.05, 3.63) is 64.7 Å². The van der Waals surface area contributed by atoms with Crippen LogP contribution in [0.15, 0.2) is 48.5 Å². The zero-order valence-electron chi connectivity index (χ0n) is 14.8. The molecule has 2 aromatic carbocycles. The van der Waals surface area contributed by atoms with E-state index in [0.29, 0.717) is 35.3 Å². The van der Waals surface area contributed by atoms with Crippen molar-refractivity contribution in [3.63, 3.8) is 0 Å². The van der Waals surface area contributed by atoms with Crippen LogP contribution < -0.4 is 9.47 Å². The normalized spacial score (nSPS) is 14.4. The summed E-state index contributed by atoms with van der Waals surface area (Å²) in [6.07, 6.45) is 2.82. The van der Waals surface area contributed by atoms with Crippen LogP contribution in [0.2, 0.25) is 5.02 Å². The van der Waals surface area contributed by atoms with Gasteiger partial charge in [0.15, 0.2) is 17.6 Å². The van der Waals surface area contributed by atoms with Gasteiger partial charge in [0.05, 0.1) is 13.2 Å². The van der Waals surface area contributed by atoms with Gasteiger partial charge in [0.1, 0.15) is 0 Å². The van der Waals surface area contributed by atoms with Crippen molar-refractivity contribution < 1.29 is 23.8 Å². The Labute approximate surface area is 162 Å². The number of carbonyl (C=O) groups excluding carboxylic acids is 2. The summed E-state index contributed by atoms with van der Waals surface area (Å²) in [6.45, 7) is 2.75. The Morgan fingerprint density at radius 3 is 2.52 bits per heavy atom. The van der Waals surface area contributed by atoms with Crippen LogP contribution in [0.25, 0.3) is 6.08 Å². The molecule has 0 radical (unpaired) electrons. The second kappa shape index (κ2) is 8.73. The van der Waals surface area contributed by atoms with Gasteiger partial charge in [-0.05, 0) is 55.0 Å². The number of carbonyl (C=O) groups is 2. The van der Waals surface area contributed by atoms with Gasteiger partial charge in [-0.15, -0.1) is 0 Å². The molecule has 0 aliphatic carbocycles. The summed E-state index contributed by atoms with van der Waals surface area (Å²) in [5.74, 6) is 0.449. The van der Waals surface area contributed by atoms with Crippen molar-refractivity contribution in [2.24, 2.45) is 0 Å². The molecule has 3 rings (SSSR count). The Balaban J connectivity index is 1.60. The van der Waals surface area contributed by atoms with E-state index in [1.807, 2.05) is 6.07 Å². The summed E-state index contributed by atoms with van der Waals surface area (Å²) in [6, 6.07) is 11.9. The molecule has 27 heavy (non-hydrogen) atoms. The summed E-state index contributed by atoms with van der Waals surface area (Å²) >= 11 is 5.81. The number of rotatable bonds is 5. The third-order valence-electron chi connectivity index (χ3n) is 3.97. The number of Topliss-reactive ketones (excluding diaryl/α,β-unsaturated/α-hetero) is 1. The van der Waals surface area contributed by atoms with E-state index in [9.17, 15) is 9.59 Å². The van der Waals surface area contributed by atoms with E-state index >= 15 is 0 Å². The fourth-order valence-electron chi connectivity index (χ4n) is 2.56. The third kappa shape index (κ3) is 5.11. The Morgan fingerprint density at radius 1 is 1.07 bits per heavy atom. The van der Waals surface area contributed by atoms with Crippen LogP contribution >= 0.6 is 11.6 Å². The van der Waals surface area contributed by atoms with Gasteiger partial charge in [-0.25, -0.2) is 4.79 Å². The Kier molecular flexibility index (Phi) is 6.14. The summed E-state index contributed by atoms with van der Waals surface area (Å²) in [5.41, 5.74) is 1.21. The highest BCUT2D eigenvalue weighted by Gasteiger charge is 2.18. The fraction of sp³-hybridized carbons (Fsp3) is 0.238. The first-order valence-corrected chi connectivity index (χ1v) is 8.99. The monoisotopic (exact) mass is 386 g/mol. The van der Waals surface area contributed by atoms with Gasteiger partial charge in [0, 0.05) is 23.1 Å². The van der Waals surface area contributed by atoms with E-state index in [-0.39, 0.29) is 5.78 Å². The smallest absolute Gasteiger partial charge is 0.331 e. The maximum Gasteiger partial charge on any atom is 0.331 e. The molecule has 0 aromatic heterocycles. The summed E-state index contributed by atoms with van der Waals surface area (Å²) < 4.78 is 16.4. The molecule has 0 unspecified atom stereocenters. The number of halogens is 1. The first kappa shape index (κ1) is 19.0. The number of esters is 1. The molecule has 0 saturated heterocycles. The molecule has 0 saturated carbocycles. The quantitative estimate of drug-likeness (QED) is 0.435. The summed E-state index contributed by atoms with van der Waals surface area (Å²) in [5, 5.41) is 0.536.